The fourth-order valence-corrected chi connectivity index (χ4v) is 5.62. The number of carbonyl (C=O) groups is 1. The fourth-order valence-electron chi connectivity index (χ4n) is 3.03. The number of hydrogen-bond donors (Lipinski definition) is 0. The van der Waals surface area contributed by atoms with E-state index in [1.54, 1.807) is 49.2 Å². The number of rotatable bonds is 3. The van der Waals surface area contributed by atoms with Crippen molar-refractivity contribution in [3.05, 3.63) is 57.3 Å². The van der Waals surface area contributed by atoms with Crippen LogP contribution in [0.4, 0.5) is 0 Å². The van der Waals surface area contributed by atoms with Crippen LogP contribution >= 0.6 is 23.2 Å². The van der Waals surface area contributed by atoms with Crippen molar-refractivity contribution in [3.8, 4) is 0 Å². The number of hydrogen-bond acceptors (Lipinski definition) is 4. The first-order valence-electron chi connectivity index (χ1n) is 8.39. The first-order chi connectivity index (χ1) is 12.7. The zero-order chi connectivity index (χ0) is 19.8. The summed E-state index contributed by atoms with van der Waals surface area (Å²) >= 11 is 12.5. The standard InChI is InChI=1S/C18H19Cl2N3O3S/c1-12-11-14(19)13(2)17(16(12)20)27(25,26)23-9-7-22(8-10-23)18(24)15-5-3-4-6-21-15/h3-6,11H,7-10H2,1-2H3. The molecule has 144 valence electrons. The summed E-state index contributed by atoms with van der Waals surface area (Å²) in [6, 6.07) is 6.78. The Morgan fingerprint density at radius 3 is 2.37 bits per heavy atom. The topological polar surface area (TPSA) is 70.6 Å². The number of nitrogens with zero attached hydrogens (tertiary/aromatic N) is 3. The van der Waals surface area contributed by atoms with E-state index >= 15 is 0 Å². The Labute approximate surface area is 168 Å². The molecule has 1 amide bonds. The molecule has 0 atom stereocenters. The monoisotopic (exact) mass is 427 g/mol. The Kier molecular flexibility index (Phi) is 5.76. The summed E-state index contributed by atoms with van der Waals surface area (Å²) in [4.78, 5) is 18.2. The zero-order valence-corrected chi connectivity index (χ0v) is 17.3. The van der Waals surface area contributed by atoms with Gasteiger partial charge in [-0.3, -0.25) is 9.78 Å². The fraction of sp³-hybridized carbons (Fsp3) is 0.333. The van der Waals surface area contributed by atoms with Gasteiger partial charge in [0.25, 0.3) is 5.91 Å². The molecule has 0 spiro atoms. The van der Waals surface area contributed by atoms with Crippen molar-refractivity contribution in [3.63, 3.8) is 0 Å². The smallest absolute Gasteiger partial charge is 0.272 e. The van der Waals surface area contributed by atoms with Gasteiger partial charge in [0, 0.05) is 37.4 Å². The number of aryl methyl sites for hydroxylation is 1. The van der Waals surface area contributed by atoms with E-state index in [4.69, 9.17) is 23.2 Å². The minimum atomic E-state index is -3.82. The van der Waals surface area contributed by atoms with Crippen molar-refractivity contribution in [1.82, 2.24) is 14.2 Å². The number of aromatic nitrogens is 1. The Morgan fingerprint density at radius 2 is 1.78 bits per heavy atom. The average molecular weight is 428 g/mol. The van der Waals surface area contributed by atoms with Gasteiger partial charge in [-0.2, -0.15) is 4.31 Å². The van der Waals surface area contributed by atoms with Crippen molar-refractivity contribution in [2.24, 2.45) is 0 Å². The second kappa shape index (κ2) is 7.75. The number of pyridine rings is 1. The van der Waals surface area contributed by atoms with Crippen LogP contribution in [-0.2, 0) is 10.0 Å². The highest BCUT2D eigenvalue weighted by atomic mass is 35.5. The van der Waals surface area contributed by atoms with Crippen LogP contribution in [0.15, 0.2) is 35.4 Å². The summed E-state index contributed by atoms with van der Waals surface area (Å²) in [7, 11) is -3.82. The third-order valence-electron chi connectivity index (χ3n) is 4.60. The van der Waals surface area contributed by atoms with Crippen molar-refractivity contribution >= 4 is 39.1 Å². The highest BCUT2D eigenvalue weighted by Crippen LogP contribution is 2.35. The van der Waals surface area contributed by atoms with Crippen LogP contribution in [0.25, 0.3) is 0 Å². The lowest BCUT2D eigenvalue weighted by atomic mass is 10.2. The van der Waals surface area contributed by atoms with Gasteiger partial charge in [0.05, 0.1) is 5.02 Å². The molecule has 1 aromatic heterocycles. The Hall–Kier alpha value is -1.67. The van der Waals surface area contributed by atoms with E-state index < -0.39 is 10.0 Å². The molecular formula is C18H19Cl2N3O3S. The number of piperazine rings is 1. The molecular weight excluding hydrogens is 409 g/mol. The average Bonchev–Trinajstić information content (AvgIpc) is 2.66. The molecule has 0 bridgehead atoms. The highest BCUT2D eigenvalue weighted by Gasteiger charge is 2.34. The maximum atomic E-state index is 13.1. The van der Waals surface area contributed by atoms with Crippen LogP contribution in [-0.4, -0.2) is 54.7 Å². The van der Waals surface area contributed by atoms with Crippen LogP contribution in [0.3, 0.4) is 0 Å². The van der Waals surface area contributed by atoms with Gasteiger partial charge >= 0.3 is 0 Å². The number of benzene rings is 1. The first-order valence-corrected chi connectivity index (χ1v) is 10.6. The van der Waals surface area contributed by atoms with Gasteiger partial charge in [-0.1, -0.05) is 29.3 Å². The molecule has 0 N–H and O–H groups in total. The Morgan fingerprint density at radius 1 is 1.11 bits per heavy atom. The molecule has 2 heterocycles. The summed E-state index contributed by atoms with van der Waals surface area (Å²) < 4.78 is 27.6. The number of carbonyl (C=O) groups excluding carboxylic acids is 1. The van der Waals surface area contributed by atoms with Gasteiger partial charge < -0.3 is 4.90 Å². The summed E-state index contributed by atoms with van der Waals surface area (Å²) in [5, 5.41) is 0.545. The van der Waals surface area contributed by atoms with E-state index in [1.807, 2.05) is 0 Å². The molecule has 0 aliphatic carbocycles. The molecule has 0 unspecified atom stereocenters. The molecule has 1 fully saturated rings. The highest BCUT2D eigenvalue weighted by molar-refractivity contribution is 7.89. The largest absolute Gasteiger partial charge is 0.335 e. The maximum absolute atomic E-state index is 13.1. The molecule has 0 radical (unpaired) electrons. The van der Waals surface area contributed by atoms with E-state index in [9.17, 15) is 13.2 Å². The molecule has 6 nitrogen and oxygen atoms in total. The summed E-state index contributed by atoms with van der Waals surface area (Å²) in [5.41, 5.74) is 1.38. The third kappa shape index (κ3) is 3.82. The maximum Gasteiger partial charge on any atom is 0.272 e. The third-order valence-corrected chi connectivity index (χ3v) is 7.66. The van der Waals surface area contributed by atoms with Crippen LogP contribution in [0.2, 0.25) is 10.0 Å². The molecule has 1 aliphatic rings. The molecule has 1 aromatic carbocycles. The lowest BCUT2D eigenvalue weighted by Gasteiger charge is -2.34. The van der Waals surface area contributed by atoms with Gasteiger partial charge in [0.1, 0.15) is 10.6 Å². The van der Waals surface area contributed by atoms with Gasteiger partial charge in [0.2, 0.25) is 10.0 Å². The number of halogens is 2. The van der Waals surface area contributed by atoms with Gasteiger partial charge in [-0.15, -0.1) is 0 Å². The van der Waals surface area contributed by atoms with Gasteiger partial charge in [0.15, 0.2) is 0 Å². The zero-order valence-electron chi connectivity index (χ0n) is 14.9. The van der Waals surface area contributed by atoms with Gasteiger partial charge in [-0.05, 0) is 43.2 Å². The second-order valence-electron chi connectivity index (χ2n) is 6.35. The molecule has 3 rings (SSSR count). The van der Waals surface area contributed by atoms with Crippen LogP contribution < -0.4 is 0 Å². The lowest BCUT2D eigenvalue weighted by Crippen LogP contribution is -2.50. The molecule has 27 heavy (non-hydrogen) atoms. The van der Waals surface area contributed by atoms with E-state index in [0.717, 1.165) is 0 Å². The Bertz CT molecular complexity index is 947. The van der Waals surface area contributed by atoms with E-state index in [0.29, 0.717) is 21.8 Å². The van der Waals surface area contributed by atoms with E-state index in [-0.39, 0.29) is 42.0 Å². The molecule has 1 saturated heterocycles. The molecule has 0 saturated carbocycles. The van der Waals surface area contributed by atoms with Crippen molar-refractivity contribution in [2.45, 2.75) is 18.7 Å². The number of sulfonamides is 1. The first kappa shape index (κ1) is 20.1. The number of amides is 1. The lowest BCUT2D eigenvalue weighted by molar-refractivity contribution is 0.0692. The molecule has 1 aliphatic heterocycles. The normalized spacial score (nSPS) is 15.8. The Balaban J connectivity index is 1.81. The molecule has 2 aromatic rings. The van der Waals surface area contributed by atoms with Crippen LogP contribution in [0, 0.1) is 13.8 Å². The second-order valence-corrected chi connectivity index (χ2v) is 9.01. The van der Waals surface area contributed by atoms with E-state index in [1.165, 1.54) is 4.31 Å². The summed E-state index contributed by atoms with van der Waals surface area (Å²) in [5.74, 6) is -0.208. The predicted octanol–water partition coefficient (Wildman–Crippen LogP) is 3.15. The predicted molar refractivity (Wildman–Crippen MR) is 105 cm³/mol. The minimum Gasteiger partial charge on any atom is -0.335 e. The minimum absolute atomic E-state index is 0.0404. The van der Waals surface area contributed by atoms with Gasteiger partial charge in [-0.25, -0.2) is 8.42 Å². The summed E-state index contributed by atoms with van der Waals surface area (Å²) in [6.07, 6.45) is 1.56. The quantitative estimate of drug-likeness (QED) is 0.753. The van der Waals surface area contributed by atoms with Crippen LogP contribution in [0.1, 0.15) is 21.6 Å². The molecule has 9 heteroatoms. The SMILES string of the molecule is Cc1cc(Cl)c(C)c(S(=O)(=O)N2CCN(C(=O)c3ccccn3)CC2)c1Cl. The van der Waals surface area contributed by atoms with Crippen LogP contribution in [0.5, 0.6) is 0 Å². The van der Waals surface area contributed by atoms with E-state index in [2.05, 4.69) is 4.98 Å². The van der Waals surface area contributed by atoms with Crippen molar-refractivity contribution < 1.29 is 13.2 Å². The van der Waals surface area contributed by atoms with Crippen molar-refractivity contribution in [2.75, 3.05) is 26.2 Å². The van der Waals surface area contributed by atoms with Crippen molar-refractivity contribution in [1.29, 1.82) is 0 Å². The summed E-state index contributed by atoms with van der Waals surface area (Å²) in [6.45, 7) is 4.29.